The van der Waals surface area contributed by atoms with Crippen LogP contribution in [0.1, 0.15) is 19.0 Å². The van der Waals surface area contributed by atoms with E-state index in [1.807, 2.05) is 0 Å². The van der Waals surface area contributed by atoms with Crippen LogP contribution in [0.25, 0.3) is 0 Å². The van der Waals surface area contributed by atoms with Gasteiger partial charge in [0.1, 0.15) is 10.6 Å². The second-order valence-corrected chi connectivity index (χ2v) is 6.18. The molecule has 0 aromatic carbocycles. The number of hydrogen-bond acceptors (Lipinski definition) is 4. The molecule has 20 heavy (non-hydrogen) atoms. The standard InChI is InChI=1S/C11H13F3N2O3S/c1-7-9(4-5-19-7)16-20(17,18)8-2-3-10(15-6-8)11(12,13)14/h2-3,6-7,9,16H,4-5H2,1H3/t7-,9-/m0/s1. The molecular formula is C11H13F3N2O3S. The number of pyridine rings is 1. The first-order chi connectivity index (χ1) is 9.20. The Labute approximate surface area is 114 Å². The first kappa shape index (κ1) is 15.2. The van der Waals surface area contributed by atoms with Crippen LogP contribution in [0.3, 0.4) is 0 Å². The molecule has 0 unspecified atom stereocenters. The Morgan fingerprint density at radius 1 is 1.40 bits per heavy atom. The van der Waals surface area contributed by atoms with E-state index in [1.54, 1.807) is 6.92 Å². The van der Waals surface area contributed by atoms with E-state index in [9.17, 15) is 21.6 Å². The molecule has 0 spiro atoms. The largest absolute Gasteiger partial charge is 0.433 e. The van der Waals surface area contributed by atoms with Crippen LogP contribution in [-0.2, 0) is 20.9 Å². The molecule has 1 aromatic heterocycles. The number of nitrogens with zero attached hydrogens (tertiary/aromatic N) is 1. The highest BCUT2D eigenvalue weighted by Gasteiger charge is 2.33. The average Bonchev–Trinajstić information content (AvgIpc) is 2.73. The van der Waals surface area contributed by atoms with Gasteiger partial charge in [-0.1, -0.05) is 0 Å². The maximum Gasteiger partial charge on any atom is 0.433 e. The van der Waals surface area contributed by atoms with Gasteiger partial charge in [-0.3, -0.25) is 4.98 Å². The summed E-state index contributed by atoms with van der Waals surface area (Å²) in [4.78, 5) is 2.83. The molecule has 2 heterocycles. The van der Waals surface area contributed by atoms with Crippen molar-refractivity contribution in [3.63, 3.8) is 0 Å². The predicted octanol–water partition coefficient (Wildman–Crippen LogP) is 1.56. The monoisotopic (exact) mass is 310 g/mol. The van der Waals surface area contributed by atoms with Gasteiger partial charge >= 0.3 is 6.18 Å². The van der Waals surface area contributed by atoms with Gasteiger partial charge in [0.15, 0.2) is 0 Å². The van der Waals surface area contributed by atoms with E-state index in [0.717, 1.165) is 6.07 Å². The van der Waals surface area contributed by atoms with E-state index >= 15 is 0 Å². The smallest absolute Gasteiger partial charge is 0.377 e. The summed E-state index contributed by atoms with van der Waals surface area (Å²) >= 11 is 0. The number of nitrogens with one attached hydrogen (secondary N) is 1. The highest BCUT2D eigenvalue weighted by atomic mass is 32.2. The molecule has 1 saturated heterocycles. The quantitative estimate of drug-likeness (QED) is 0.920. The number of sulfonamides is 1. The molecule has 0 saturated carbocycles. The lowest BCUT2D eigenvalue weighted by atomic mass is 10.2. The van der Waals surface area contributed by atoms with Gasteiger partial charge in [-0.2, -0.15) is 13.2 Å². The number of rotatable bonds is 3. The molecule has 1 aliphatic heterocycles. The number of ether oxygens (including phenoxy) is 1. The first-order valence-corrected chi connectivity index (χ1v) is 7.35. The van der Waals surface area contributed by atoms with Crippen LogP contribution < -0.4 is 4.72 Å². The third kappa shape index (κ3) is 3.28. The highest BCUT2D eigenvalue weighted by Crippen LogP contribution is 2.27. The van der Waals surface area contributed by atoms with Crippen LogP contribution in [0.15, 0.2) is 23.2 Å². The van der Waals surface area contributed by atoms with Gasteiger partial charge in [-0.25, -0.2) is 13.1 Å². The van der Waals surface area contributed by atoms with Crippen molar-refractivity contribution >= 4 is 10.0 Å². The Balaban J connectivity index is 2.17. The summed E-state index contributed by atoms with van der Waals surface area (Å²) in [6.45, 7) is 2.17. The fourth-order valence-electron chi connectivity index (χ4n) is 1.86. The van der Waals surface area contributed by atoms with Crippen molar-refractivity contribution < 1.29 is 26.3 Å². The Bertz CT molecular complexity index is 572. The van der Waals surface area contributed by atoms with Crippen molar-refractivity contribution in [2.24, 2.45) is 0 Å². The van der Waals surface area contributed by atoms with Crippen molar-refractivity contribution in [3.05, 3.63) is 24.0 Å². The third-order valence-electron chi connectivity index (χ3n) is 3.02. The van der Waals surface area contributed by atoms with Gasteiger partial charge < -0.3 is 4.74 Å². The molecule has 0 radical (unpaired) electrons. The number of aromatic nitrogens is 1. The highest BCUT2D eigenvalue weighted by molar-refractivity contribution is 7.89. The fraction of sp³-hybridized carbons (Fsp3) is 0.545. The second kappa shape index (κ2) is 5.30. The Hall–Kier alpha value is -1.19. The van der Waals surface area contributed by atoms with Gasteiger partial charge in [0, 0.05) is 12.8 Å². The summed E-state index contributed by atoms with van der Waals surface area (Å²) in [7, 11) is -3.90. The van der Waals surface area contributed by atoms with Crippen molar-refractivity contribution in [2.75, 3.05) is 6.61 Å². The molecular weight excluding hydrogens is 297 g/mol. The summed E-state index contributed by atoms with van der Waals surface area (Å²) in [6.07, 6.45) is -3.64. The Kier molecular flexibility index (Phi) is 4.03. The molecule has 2 atom stereocenters. The van der Waals surface area contributed by atoms with Crippen LogP contribution in [0.5, 0.6) is 0 Å². The summed E-state index contributed by atoms with van der Waals surface area (Å²) in [5.74, 6) is 0. The van der Waals surface area contributed by atoms with Gasteiger partial charge in [0.05, 0.1) is 12.1 Å². The summed E-state index contributed by atoms with van der Waals surface area (Å²) in [5, 5.41) is 0. The topological polar surface area (TPSA) is 68.3 Å². The number of alkyl halides is 3. The molecule has 112 valence electrons. The molecule has 2 rings (SSSR count). The van der Waals surface area contributed by atoms with E-state index in [-0.39, 0.29) is 17.0 Å². The average molecular weight is 310 g/mol. The molecule has 9 heteroatoms. The van der Waals surface area contributed by atoms with Crippen LogP contribution in [0, 0.1) is 0 Å². The maximum atomic E-state index is 12.4. The van der Waals surface area contributed by atoms with E-state index < -0.39 is 21.9 Å². The van der Waals surface area contributed by atoms with Crippen LogP contribution in [0.4, 0.5) is 13.2 Å². The van der Waals surface area contributed by atoms with Gasteiger partial charge in [0.2, 0.25) is 10.0 Å². The summed E-state index contributed by atoms with van der Waals surface area (Å²) in [5.41, 5.74) is -1.13. The fourth-order valence-corrected chi connectivity index (χ4v) is 3.14. The van der Waals surface area contributed by atoms with Gasteiger partial charge in [-0.15, -0.1) is 0 Å². The zero-order valence-electron chi connectivity index (χ0n) is 10.5. The Morgan fingerprint density at radius 3 is 2.55 bits per heavy atom. The molecule has 1 aliphatic rings. The number of hydrogen-bond donors (Lipinski definition) is 1. The molecule has 1 N–H and O–H groups in total. The van der Waals surface area contributed by atoms with Gasteiger partial charge in [0.25, 0.3) is 0 Å². The lowest BCUT2D eigenvalue weighted by Crippen LogP contribution is -2.39. The minimum absolute atomic E-state index is 0.271. The van der Waals surface area contributed by atoms with E-state index in [0.29, 0.717) is 25.3 Å². The van der Waals surface area contributed by atoms with E-state index in [4.69, 9.17) is 4.74 Å². The minimum Gasteiger partial charge on any atom is -0.377 e. The predicted molar refractivity (Wildman–Crippen MR) is 63.4 cm³/mol. The zero-order chi connectivity index (χ0) is 15.0. The molecule has 0 aliphatic carbocycles. The maximum absolute atomic E-state index is 12.4. The van der Waals surface area contributed by atoms with Crippen molar-refractivity contribution in [3.8, 4) is 0 Å². The summed E-state index contributed by atoms with van der Waals surface area (Å²) < 4.78 is 68.7. The molecule has 1 aromatic rings. The van der Waals surface area contributed by atoms with Crippen LogP contribution >= 0.6 is 0 Å². The normalized spacial score (nSPS) is 24.0. The third-order valence-corrected chi connectivity index (χ3v) is 4.49. The lowest BCUT2D eigenvalue weighted by molar-refractivity contribution is -0.141. The summed E-state index contributed by atoms with van der Waals surface area (Å²) in [6, 6.07) is 1.14. The second-order valence-electron chi connectivity index (χ2n) is 4.47. The van der Waals surface area contributed by atoms with E-state index in [1.165, 1.54) is 0 Å². The molecule has 0 bridgehead atoms. The molecule has 1 fully saturated rings. The molecule has 5 nitrogen and oxygen atoms in total. The SMILES string of the molecule is C[C@@H]1OCC[C@@H]1NS(=O)(=O)c1ccc(C(F)(F)F)nc1. The minimum atomic E-state index is -4.59. The molecule has 0 amide bonds. The van der Waals surface area contributed by atoms with Crippen molar-refractivity contribution in [2.45, 2.75) is 36.6 Å². The van der Waals surface area contributed by atoms with Crippen molar-refractivity contribution in [1.29, 1.82) is 0 Å². The van der Waals surface area contributed by atoms with Crippen molar-refractivity contribution in [1.82, 2.24) is 9.71 Å². The van der Waals surface area contributed by atoms with E-state index in [2.05, 4.69) is 9.71 Å². The lowest BCUT2D eigenvalue weighted by Gasteiger charge is -2.16. The Morgan fingerprint density at radius 2 is 2.10 bits per heavy atom. The first-order valence-electron chi connectivity index (χ1n) is 5.87. The van der Waals surface area contributed by atoms with Crippen LogP contribution in [0.2, 0.25) is 0 Å². The number of halogens is 3. The zero-order valence-corrected chi connectivity index (χ0v) is 11.3. The van der Waals surface area contributed by atoms with Crippen LogP contribution in [-0.4, -0.2) is 32.2 Å². The van der Waals surface area contributed by atoms with Gasteiger partial charge in [-0.05, 0) is 25.5 Å².